The summed E-state index contributed by atoms with van der Waals surface area (Å²) in [4.78, 5) is 21.8. The van der Waals surface area contributed by atoms with E-state index in [-0.39, 0.29) is 13.2 Å². The Bertz CT molecular complexity index is 240. The van der Waals surface area contributed by atoms with E-state index in [0.717, 1.165) is 6.92 Å². The number of carbonyl (C=O) groups is 2. The zero-order valence-corrected chi connectivity index (χ0v) is 8.88. The Labute approximate surface area is 86.5 Å². The van der Waals surface area contributed by atoms with Crippen LogP contribution in [0.4, 0.5) is 8.78 Å². The maximum atomic E-state index is 13.2. The summed E-state index contributed by atoms with van der Waals surface area (Å²) in [5, 5.41) is 0. The number of esters is 2. The zero-order valence-electron chi connectivity index (χ0n) is 8.88. The monoisotopic (exact) mass is 224 g/mol. The molecule has 0 aliphatic carbocycles. The number of hydrogen-bond acceptors (Lipinski definition) is 4. The summed E-state index contributed by atoms with van der Waals surface area (Å²) in [6, 6.07) is 0. The number of ether oxygens (including phenoxy) is 2. The fourth-order valence-corrected chi connectivity index (χ4v) is 0.819. The van der Waals surface area contributed by atoms with Crippen molar-refractivity contribution >= 4 is 11.9 Å². The van der Waals surface area contributed by atoms with Gasteiger partial charge in [-0.05, 0) is 20.8 Å². The van der Waals surface area contributed by atoms with Crippen molar-refractivity contribution in [3.63, 3.8) is 0 Å². The Balaban J connectivity index is 4.56. The summed E-state index contributed by atoms with van der Waals surface area (Å²) in [5.74, 6) is -8.50. The van der Waals surface area contributed by atoms with E-state index in [1.807, 2.05) is 0 Å². The first-order valence-corrected chi connectivity index (χ1v) is 4.59. The number of halogens is 2. The molecule has 0 N–H and O–H groups in total. The van der Waals surface area contributed by atoms with Gasteiger partial charge in [-0.15, -0.1) is 0 Å². The molecule has 1 unspecified atom stereocenters. The number of alkyl halides is 2. The SMILES string of the molecule is CCOC(=O)C(C)C(F)(F)C(=O)OCC. The van der Waals surface area contributed by atoms with E-state index in [1.165, 1.54) is 13.8 Å². The molecule has 0 radical (unpaired) electrons. The van der Waals surface area contributed by atoms with Gasteiger partial charge in [-0.25, -0.2) is 4.79 Å². The fraction of sp³-hybridized carbons (Fsp3) is 0.778. The van der Waals surface area contributed by atoms with Crippen LogP contribution in [0.5, 0.6) is 0 Å². The number of carbonyl (C=O) groups excluding carboxylic acids is 2. The van der Waals surface area contributed by atoms with Crippen molar-refractivity contribution in [3.8, 4) is 0 Å². The minimum absolute atomic E-state index is 0.0118. The molecule has 0 bridgehead atoms. The maximum Gasteiger partial charge on any atom is 0.377 e. The van der Waals surface area contributed by atoms with Gasteiger partial charge in [0.25, 0.3) is 0 Å². The summed E-state index contributed by atoms with van der Waals surface area (Å²) >= 11 is 0. The van der Waals surface area contributed by atoms with Crippen LogP contribution < -0.4 is 0 Å². The third kappa shape index (κ3) is 3.45. The van der Waals surface area contributed by atoms with E-state index < -0.39 is 23.8 Å². The first kappa shape index (κ1) is 13.8. The van der Waals surface area contributed by atoms with Crippen molar-refractivity contribution in [3.05, 3.63) is 0 Å². The van der Waals surface area contributed by atoms with Gasteiger partial charge in [-0.2, -0.15) is 8.78 Å². The molecule has 0 saturated carbocycles. The summed E-state index contributed by atoms with van der Waals surface area (Å²) in [6.45, 7) is 3.65. The van der Waals surface area contributed by atoms with Gasteiger partial charge in [-0.1, -0.05) is 0 Å². The molecule has 0 amide bonds. The maximum absolute atomic E-state index is 13.2. The number of rotatable bonds is 5. The molecular formula is C9H14F2O4. The minimum atomic E-state index is -3.84. The Morgan fingerprint density at radius 2 is 1.67 bits per heavy atom. The van der Waals surface area contributed by atoms with E-state index in [4.69, 9.17) is 0 Å². The molecule has 0 aliphatic rings. The second-order valence-electron chi connectivity index (χ2n) is 2.82. The van der Waals surface area contributed by atoms with E-state index >= 15 is 0 Å². The van der Waals surface area contributed by atoms with Gasteiger partial charge in [-0.3, -0.25) is 4.79 Å². The van der Waals surface area contributed by atoms with Gasteiger partial charge in [0, 0.05) is 0 Å². The van der Waals surface area contributed by atoms with Gasteiger partial charge < -0.3 is 9.47 Å². The third-order valence-corrected chi connectivity index (χ3v) is 1.73. The van der Waals surface area contributed by atoms with E-state index in [9.17, 15) is 18.4 Å². The highest BCUT2D eigenvalue weighted by molar-refractivity contribution is 5.85. The molecule has 0 aromatic rings. The van der Waals surface area contributed by atoms with E-state index in [0.29, 0.717) is 0 Å². The lowest BCUT2D eigenvalue weighted by Gasteiger charge is -2.19. The Morgan fingerprint density at radius 3 is 2.07 bits per heavy atom. The quantitative estimate of drug-likeness (QED) is 0.662. The predicted molar refractivity (Wildman–Crippen MR) is 47.4 cm³/mol. The van der Waals surface area contributed by atoms with Crippen LogP contribution in [0.3, 0.4) is 0 Å². The predicted octanol–water partition coefficient (Wildman–Crippen LogP) is 1.38. The second-order valence-corrected chi connectivity index (χ2v) is 2.82. The number of hydrogen-bond donors (Lipinski definition) is 0. The molecule has 0 aliphatic heterocycles. The molecule has 88 valence electrons. The van der Waals surface area contributed by atoms with Crippen LogP contribution in [0.25, 0.3) is 0 Å². The average Bonchev–Trinajstić information content (AvgIpc) is 2.17. The lowest BCUT2D eigenvalue weighted by molar-refractivity contribution is -0.187. The molecule has 0 spiro atoms. The molecule has 15 heavy (non-hydrogen) atoms. The average molecular weight is 224 g/mol. The van der Waals surface area contributed by atoms with E-state index in [2.05, 4.69) is 9.47 Å². The topological polar surface area (TPSA) is 52.6 Å². The van der Waals surface area contributed by atoms with Crippen LogP contribution in [0.15, 0.2) is 0 Å². The molecule has 0 fully saturated rings. The first-order chi connectivity index (χ1) is 6.87. The van der Waals surface area contributed by atoms with Crippen LogP contribution >= 0.6 is 0 Å². The minimum Gasteiger partial charge on any atom is -0.466 e. The molecule has 0 aromatic carbocycles. The highest BCUT2D eigenvalue weighted by Gasteiger charge is 2.50. The highest BCUT2D eigenvalue weighted by Crippen LogP contribution is 2.27. The molecule has 1 atom stereocenters. The van der Waals surface area contributed by atoms with Crippen molar-refractivity contribution in [2.24, 2.45) is 5.92 Å². The van der Waals surface area contributed by atoms with Crippen molar-refractivity contribution in [1.29, 1.82) is 0 Å². The fourth-order valence-electron chi connectivity index (χ4n) is 0.819. The van der Waals surface area contributed by atoms with Gasteiger partial charge in [0.1, 0.15) is 5.92 Å². The lowest BCUT2D eigenvalue weighted by atomic mass is 10.0. The molecule has 4 nitrogen and oxygen atoms in total. The molecule has 6 heteroatoms. The smallest absolute Gasteiger partial charge is 0.377 e. The third-order valence-electron chi connectivity index (χ3n) is 1.73. The summed E-state index contributed by atoms with van der Waals surface area (Å²) in [7, 11) is 0. The van der Waals surface area contributed by atoms with Gasteiger partial charge >= 0.3 is 17.9 Å². The molecule has 0 saturated heterocycles. The molecule has 0 rings (SSSR count). The zero-order chi connectivity index (χ0) is 12.1. The van der Waals surface area contributed by atoms with Crippen LogP contribution in [-0.4, -0.2) is 31.1 Å². The summed E-state index contributed by atoms with van der Waals surface area (Å²) < 4.78 is 34.9. The van der Waals surface area contributed by atoms with Crippen molar-refractivity contribution < 1.29 is 27.8 Å². The Morgan fingerprint density at radius 1 is 1.20 bits per heavy atom. The molecule has 0 aromatic heterocycles. The second kappa shape index (κ2) is 5.63. The van der Waals surface area contributed by atoms with Gasteiger partial charge in [0.05, 0.1) is 13.2 Å². The highest BCUT2D eigenvalue weighted by atomic mass is 19.3. The van der Waals surface area contributed by atoms with Crippen LogP contribution in [-0.2, 0) is 19.1 Å². The van der Waals surface area contributed by atoms with Crippen molar-refractivity contribution in [2.45, 2.75) is 26.7 Å². The molecular weight excluding hydrogens is 210 g/mol. The van der Waals surface area contributed by atoms with Crippen LogP contribution in [0, 0.1) is 5.92 Å². The first-order valence-electron chi connectivity index (χ1n) is 4.59. The summed E-state index contributed by atoms with van der Waals surface area (Å²) in [5.41, 5.74) is 0. The lowest BCUT2D eigenvalue weighted by Crippen LogP contribution is -2.42. The van der Waals surface area contributed by atoms with Crippen molar-refractivity contribution in [1.82, 2.24) is 0 Å². The van der Waals surface area contributed by atoms with Crippen molar-refractivity contribution in [2.75, 3.05) is 13.2 Å². The summed E-state index contributed by atoms with van der Waals surface area (Å²) in [6.07, 6.45) is 0. The Kier molecular flexibility index (Phi) is 5.18. The Hall–Kier alpha value is -1.20. The van der Waals surface area contributed by atoms with E-state index in [1.54, 1.807) is 0 Å². The molecule has 0 heterocycles. The van der Waals surface area contributed by atoms with Crippen LogP contribution in [0.1, 0.15) is 20.8 Å². The standard InChI is InChI=1S/C9H14F2O4/c1-4-14-7(12)6(3)9(10,11)8(13)15-5-2/h6H,4-5H2,1-3H3. The largest absolute Gasteiger partial charge is 0.466 e. The van der Waals surface area contributed by atoms with Gasteiger partial charge in [0.15, 0.2) is 0 Å². The van der Waals surface area contributed by atoms with Gasteiger partial charge in [0.2, 0.25) is 0 Å². The van der Waals surface area contributed by atoms with Crippen LogP contribution in [0.2, 0.25) is 0 Å². The normalized spacial score (nSPS) is 13.1.